The van der Waals surface area contributed by atoms with Crippen molar-refractivity contribution in [2.45, 2.75) is 65.8 Å². The highest BCUT2D eigenvalue weighted by atomic mass is 16.7. The minimum atomic E-state index is -0.656. The summed E-state index contributed by atoms with van der Waals surface area (Å²) >= 11 is 0. The lowest BCUT2D eigenvalue weighted by Gasteiger charge is -2.57. The molecule has 1 fully saturated rings. The van der Waals surface area contributed by atoms with Crippen LogP contribution in [0.5, 0.6) is 0 Å². The molecule has 0 spiro atoms. The van der Waals surface area contributed by atoms with E-state index < -0.39 is 5.79 Å². The first-order chi connectivity index (χ1) is 10.6. The normalized spacial score (nSPS) is 31.0. The van der Waals surface area contributed by atoms with Crippen molar-refractivity contribution in [2.75, 3.05) is 6.61 Å². The molecule has 3 atom stereocenters. The van der Waals surface area contributed by atoms with E-state index in [1.165, 1.54) is 0 Å². The van der Waals surface area contributed by atoms with Gasteiger partial charge in [0, 0.05) is 23.2 Å². The molecule has 23 heavy (non-hydrogen) atoms. The molecule has 1 aromatic heterocycles. The van der Waals surface area contributed by atoms with Crippen molar-refractivity contribution < 1.29 is 14.2 Å². The highest BCUT2D eigenvalue weighted by Gasteiger charge is 2.58. The number of hydrogen-bond donors (Lipinski definition) is 0. The molecular formula is C18H28N2O3. The Labute approximate surface area is 138 Å². The first-order valence-electron chi connectivity index (χ1n) is 8.27. The highest BCUT2D eigenvalue weighted by Crippen LogP contribution is 2.51. The minimum absolute atomic E-state index is 0.0954. The Morgan fingerprint density at radius 1 is 1.09 bits per heavy atom. The van der Waals surface area contributed by atoms with Crippen molar-refractivity contribution in [3.05, 3.63) is 30.9 Å². The standard InChI is InChI=1S/C18H28N2O3/c1-16(2,3)18(17(4,5)6)21-11-14-13(23-18)7-8-15(22-14)20-10-9-19-12-20/h7-10,12-15H,11H2,1-6H3. The van der Waals surface area contributed by atoms with Crippen LogP contribution in [0, 0.1) is 10.8 Å². The summed E-state index contributed by atoms with van der Waals surface area (Å²) in [6, 6.07) is 0. The number of nitrogens with zero attached hydrogens (tertiary/aromatic N) is 2. The first-order valence-corrected chi connectivity index (χ1v) is 8.27. The van der Waals surface area contributed by atoms with E-state index in [9.17, 15) is 0 Å². The van der Waals surface area contributed by atoms with Crippen molar-refractivity contribution in [1.82, 2.24) is 9.55 Å². The molecule has 5 heteroatoms. The molecule has 1 aromatic rings. The Morgan fingerprint density at radius 3 is 2.35 bits per heavy atom. The number of rotatable bonds is 1. The zero-order valence-electron chi connectivity index (χ0n) is 14.9. The van der Waals surface area contributed by atoms with E-state index >= 15 is 0 Å². The van der Waals surface area contributed by atoms with Crippen LogP contribution in [0.15, 0.2) is 30.9 Å². The summed E-state index contributed by atoms with van der Waals surface area (Å²) in [5.74, 6) is -0.656. The molecule has 1 saturated heterocycles. The van der Waals surface area contributed by atoms with E-state index in [0.717, 1.165) is 0 Å². The predicted octanol–water partition coefficient (Wildman–Crippen LogP) is 3.54. The molecule has 128 valence electrons. The van der Waals surface area contributed by atoms with Crippen molar-refractivity contribution in [3.8, 4) is 0 Å². The predicted molar refractivity (Wildman–Crippen MR) is 87.7 cm³/mol. The van der Waals surface area contributed by atoms with Crippen LogP contribution in [0.4, 0.5) is 0 Å². The molecule has 3 rings (SSSR count). The fourth-order valence-corrected chi connectivity index (χ4v) is 3.81. The van der Waals surface area contributed by atoms with Crippen LogP contribution in [0.25, 0.3) is 0 Å². The molecule has 0 aliphatic carbocycles. The molecule has 2 aliphatic rings. The van der Waals surface area contributed by atoms with Gasteiger partial charge in [0.15, 0.2) is 12.0 Å². The summed E-state index contributed by atoms with van der Waals surface area (Å²) in [4.78, 5) is 4.08. The van der Waals surface area contributed by atoms with Gasteiger partial charge in [-0.3, -0.25) is 0 Å². The summed E-state index contributed by atoms with van der Waals surface area (Å²) in [6.07, 6.45) is 9.19. The molecular weight excluding hydrogens is 292 g/mol. The van der Waals surface area contributed by atoms with Crippen LogP contribution in [0.2, 0.25) is 0 Å². The maximum atomic E-state index is 6.51. The third kappa shape index (κ3) is 2.75. The Balaban J connectivity index is 1.85. The Morgan fingerprint density at radius 2 is 1.78 bits per heavy atom. The van der Waals surface area contributed by atoms with E-state index in [0.29, 0.717) is 6.61 Å². The number of aromatic nitrogens is 2. The lowest BCUT2D eigenvalue weighted by molar-refractivity contribution is -0.395. The third-order valence-electron chi connectivity index (χ3n) is 4.69. The van der Waals surface area contributed by atoms with Gasteiger partial charge in [0.05, 0.1) is 12.9 Å². The number of ether oxygens (including phenoxy) is 3. The highest BCUT2D eigenvalue weighted by molar-refractivity contribution is 5.07. The average molecular weight is 320 g/mol. The number of imidazole rings is 1. The van der Waals surface area contributed by atoms with E-state index in [1.54, 1.807) is 12.5 Å². The molecule has 3 unspecified atom stereocenters. The van der Waals surface area contributed by atoms with E-state index in [1.807, 2.05) is 16.8 Å². The van der Waals surface area contributed by atoms with Gasteiger partial charge >= 0.3 is 0 Å². The Bertz CT molecular complexity index is 552. The van der Waals surface area contributed by atoms with Crippen LogP contribution in [-0.4, -0.2) is 34.2 Å². The van der Waals surface area contributed by atoms with Gasteiger partial charge in [0.25, 0.3) is 0 Å². The molecule has 2 aliphatic heterocycles. The maximum absolute atomic E-state index is 6.51. The van der Waals surface area contributed by atoms with Crippen molar-refractivity contribution in [3.63, 3.8) is 0 Å². The van der Waals surface area contributed by atoms with Crippen molar-refractivity contribution in [1.29, 1.82) is 0 Å². The summed E-state index contributed by atoms with van der Waals surface area (Å²) < 4.78 is 20.9. The van der Waals surface area contributed by atoms with Gasteiger partial charge in [-0.05, 0) is 6.08 Å². The van der Waals surface area contributed by atoms with E-state index in [-0.39, 0.29) is 29.3 Å². The molecule has 0 aromatic carbocycles. The van der Waals surface area contributed by atoms with Crippen molar-refractivity contribution in [2.24, 2.45) is 10.8 Å². The van der Waals surface area contributed by atoms with Crippen LogP contribution >= 0.6 is 0 Å². The SMILES string of the molecule is CC(C)(C)C1(C(C)(C)C)OCC2OC(n3ccnc3)C=CC2O1. The second-order valence-electron chi connectivity index (χ2n) is 8.47. The average Bonchev–Trinajstić information content (AvgIpc) is 2.98. The molecule has 0 saturated carbocycles. The summed E-state index contributed by atoms with van der Waals surface area (Å²) in [5, 5.41) is 0. The van der Waals surface area contributed by atoms with Crippen LogP contribution in [0.3, 0.4) is 0 Å². The van der Waals surface area contributed by atoms with Gasteiger partial charge < -0.3 is 18.8 Å². The minimum Gasteiger partial charge on any atom is -0.346 e. The van der Waals surface area contributed by atoms with E-state index in [2.05, 4.69) is 52.6 Å². The molecule has 0 bridgehead atoms. The van der Waals surface area contributed by atoms with Crippen molar-refractivity contribution >= 4 is 0 Å². The topological polar surface area (TPSA) is 45.5 Å². The molecule has 3 heterocycles. The van der Waals surface area contributed by atoms with Gasteiger partial charge in [-0.2, -0.15) is 0 Å². The van der Waals surface area contributed by atoms with Gasteiger partial charge in [-0.15, -0.1) is 0 Å². The molecule has 5 nitrogen and oxygen atoms in total. The summed E-state index contributed by atoms with van der Waals surface area (Å²) in [7, 11) is 0. The summed E-state index contributed by atoms with van der Waals surface area (Å²) in [6.45, 7) is 13.5. The van der Waals surface area contributed by atoms with Gasteiger partial charge in [-0.1, -0.05) is 47.6 Å². The van der Waals surface area contributed by atoms with Crippen LogP contribution < -0.4 is 0 Å². The van der Waals surface area contributed by atoms with Crippen LogP contribution in [-0.2, 0) is 14.2 Å². The number of fused-ring (bicyclic) bond motifs is 1. The largest absolute Gasteiger partial charge is 0.346 e. The maximum Gasteiger partial charge on any atom is 0.178 e. The fourth-order valence-electron chi connectivity index (χ4n) is 3.81. The number of hydrogen-bond acceptors (Lipinski definition) is 4. The summed E-state index contributed by atoms with van der Waals surface area (Å²) in [5.41, 5.74) is -0.295. The lowest BCUT2D eigenvalue weighted by atomic mass is 9.69. The Kier molecular flexibility index (Phi) is 3.94. The monoisotopic (exact) mass is 320 g/mol. The second kappa shape index (κ2) is 5.43. The van der Waals surface area contributed by atoms with E-state index in [4.69, 9.17) is 14.2 Å². The molecule has 0 amide bonds. The zero-order chi connectivity index (χ0) is 16.9. The first kappa shape index (κ1) is 16.7. The zero-order valence-corrected chi connectivity index (χ0v) is 14.9. The quantitative estimate of drug-likeness (QED) is 0.743. The third-order valence-corrected chi connectivity index (χ3v) is 4.69. The molecule has 0 radical (unpaired) electrons. The van der Waals surface area contributed by atoms with Crippen LogP contribution in [0.1, 0.15) is 47.8 Å². The smallest absolute Gasteiger partial charge is 0.178 e. The van der Waals surface area contributed by atoms with Gasteiger partial charge in [-0.25, -0.2) is 4.98 Å². The fraction of sp³-hybridized carbons (Fsp3) is 0.722. The van der Waals surface area contributed by atoms with Gasteiger partial charge in [0.2, 0.25) is 0 Å². The Hall–Kier alpha value is -1.17. The molecule has 0 N–H and O–H groups in total. The van der Waals surface area contributed by atoms with Gasteiger partial charge in [0.1, 0.15) is 12.2 Å². The second-order valence-corrected chi connectivity index (χ2v) is 8.47. The lowest BCUT2D eigenvalue weighted by Crippen LogP contribution is -2.64.